The quantitative estimate of drug-likeness (QED) is 0.139. The molecule has 4 rings (SSSR count). The number of carbonyl (C=O) groups excluding carboxylic acids is 1. The molecule has 0 saturated heterocycles. The number of nitrogens with two attached hydrogens (primary N) is 1. The third-order valence-corrected chi connectivity index (χ3v) is 7.61. The van der Waals surface area contributed by atoms with Gasteiger partial charge in [0.2, 0.25) is 0 Å². The minimum absolute atomic E-state index is 0.0212. The summed E-state index contributed by atoms with van der Waals surface area (Å²) < 4.78 is 16.1. The highest BCUT2D eigenvalue weighted by molar-refractivity contribution is 6.05. The highest BCUT2D eigenvalue weighted by Crippen LogP contribution is 2.43. The lowest BCUT2D eigenvalue weighted by Gasteiger charge is -2.25. The summed E-state index contributed by atoms with van der Waals surface area (Å²) in [6.45, 7) is 4.22. The van der Waals surface area contributed by atoms with Gasteiger partial charge in [-0.25, -0.2) is 4.39 Å². The van der Waals surface area contributed by atoms with Gasteiger partial charge in [0.05, 0.1) is 25.3 Å². The van der Waals surface area contributed by atoms with Crippen LogP contribution in [0.25, 0.3) is 22.3 Å². The van der Waals surface area contributed by atoms with Gasteiger partial charge in [0.25, 0.3) is 5.91 Å². The lowest BCUT2D eigenvalue weighted by molar-refractivity contribution is -0.139. The Bertz CT molecular complexity index is 1540. The molecule has 0 aliphatic heterocycles. The van der Waals surface area contributed by atoms with Gasteiger partial charge < -0.3 is 30.5 Å². The molecule has 3 aromatic carbocycles. The van der Waals surface area contributed by atoms with E-state index in [1.54, 1.807) is 17.0 Å². The molecule has 0 bridgehead atoms. The average Bonchev–Trinajstić information content (AvgIpc) is 3.34. The van der Waals surface area contributed by atoms with Crippen molar-refractivity contribution in [3.8, 4) is 22.3 Å². The standard InChI is InChI=1S/C35H40FN3O5/c1-23(2)39-30(18-17-28(40)19-29(41)20-31(42)43)32(26-13-15-27(36)16-14-26)33(25-11-7-4-8-12-25)34(39)35(44)38(22-37)21-24-9-5-3-6-10-24/h3-16,23,28-29,40-41H,17-22,37H2,1-2H3,(H,42,43). The van der Waals surface area contributed by atoms with Crippen molar-refractivity contribution in [3.63, 3.8) is 0 Å². The first kappa shape index (κ1) is 32.6. The number of hydrogen-bond acceptors (Lipinski definition) is 5. The first-order chi connectivity index (χ1) is 21.1. The molecule has 2 unspecified atom stereocenters. The van der Waals surface area contributed by atoms with Crippen LogP contribution in [0, 0.1) is 5.82 Å². The van der Waals surface area contributed by atoms with Crippen LogP contribution in [0.5, 0.6) is 0 Å². The minimum Gasteiger partial charge on any atom is -0.481 e. The van der Waals surface area contributed by atoms with E-state index in [0.717, 1.165) is 22.4 Å². The Hall–Kier alpha value is -4.31. The highest BCUT2D eigenvalue weighted by atomic mass is 19.1. The van der Waals surface area contributed by atoms with E-state index in [0.29, 0.717) is 29.8 Å². The van der Waals surface area contributed by atoms with Gasteiger partial charge >= 0.3 is 5.97 Å². The zero-order chi connectivity index (χ0) is 31.8. The molecule has 0 saturated carbocycles. The second kappa shape index (κ2) is 14.9. The van der Waals surface area contributed by atoms with Crippen LogP contribution in [0.3, 0.4) is 0 Å². The van der Waals surface area contributed by atoms with E-state index in [4.69, 9.17) is 10.8 Å². The normalized spacial score (nSPS) is 12.7. The van der Waals surface area contributed by atoms with Crippen molar-refractivity contribution in [2.24, 2.45) is 5.73 Å². The first-order valence-electron chi connectivity index (χ1n) is 14.8. The first-order valence-corrected chi connectivity index (χ1v) is 14.8. The number of carbonyl (C=O) groups is 2. The molecule has 2 atom stereocenters. The SMILES string of the molecule is CC(C)n1c(CCC(O)CC(O)CC(=O)O)c(-c2ccc(F)cc2)c(-c2ccccc2)c1C(=O)N(CN)Cc1ccccc1. The number of benzene rings is 3. The van der Waals surface area contributed by atoms with Gasteiger partial charge in [-0.15, -0.1) is 0 Å². The summed E-state index contributed by atoms with van der Waals surface area (Å²) >= 11 is 0. The zero-order valence-electron chi connectivity index (χ0n) is 25.1. The number of aliphatic hydroxyl groups is 2. The molecule has 1 aromatic heterocycles. The maximum absolute atomic E-state index is 14.6. The molecule has 1 heterocycles. The fourth-order valence-electron chi connectivity index (χ4n) is 5.67. The Morgan fingerprint density at radius 2 is 1.45 bits per heavy atom. The molecule has 1 amide bonds. The Morgan fingerprint density at radius 1 is 0.864 bits per heavy atom. The maximum Gasteiger partial charge on any atom is 0.305 e. The van der Waals surface area contributed by atoms with Crippen molar-refractivity contribution in [1.29, 1.82) is 0 Å². The van der Waals surface area contributed by atoms with Crippen LogP contribution < -0.4 is 5.73 Å². The Kier molecular flexibility index (Phi) is 11.1. The van der Waals surface area contributed by atoms with Crippen molar-refractivity contribution in [3.05, 3.63) is 108 Å². The van der Waals surface area contributed by atoms with Crippen LogP contribution in [-0.4, -0.2) is 55.5 Å². The third kappa shape index (κ3) is 7.79. The van der Waals surface area contributed by atoms with Crippen molar-refractivity contribution in [2.75, 3.05) is 6.67 Å². The maximum atomic E-state index is 14.6. The smallest absolute Gasteiger partial charge is 0.305 e. The highest BCUT2D eigenvalue weighted by Gasteiger charge is 2.32. The number of aromatic nitrogens is 1. The molecule has 0 fully saturated rings. The summed E-state index contributed by atoms with van der Waals surface area (Å²) in [5, 5.41) is 30.0. The molecule has 0 aliphatic rings. The van der Waals surface area contributed by atoms with Gasteiger partial charge in [0.15, 0.2) is 0 Å². The Morgan fingerprint density at radius 3 is 2.02 bits per heavy atom. The van der Waals surface area contributed by atoms with Crippen molar-refractivity contribution >= 4 is 11.9 Å². The average molecular weight is 602 g/mol. The van der Waals surface area contributed by atoms with Gasteiger partial charge in [-0.05, 0) is 61.9 Å². The zero-order valence-corrected chi connectivity index (χ0v) is 25.1. The van der Waals surface area contributed by atoms with Crippen molar-refractivity contribution < 1.29 is 29.3 Å². The Balaban J connectivity index is 1.91. The van der Waals surface area contributed by atoms with Gasteiger partial charge in [-0.3, -0.25) is 9.59 Å². The molecule has 5 N–H and O–H groups in total. The number of aliphatic hydroxyl groups excluding tert-OH is 2. The number of carboxylic acid groups (broad SMARTS) is 1. The number of aliphatic carboxylic acids is 1. The van der Waals surface area contributed by atoms with Crippen LogP contribution in [-0.2, 0) is 17.8 Å². The van der Waals surface area contributed by atoms with Crippen molar-refractivity contribution in [2.45, 2.75) is 64.3 Å². The van der Waals surface area contributed by atoms with Gasteiger partial charge in [-0.1, -0.05) is 72.8 Å². The molecular formula is C35H40FN3O5. The molecular weight excluding hydrogens is 561 g/mol. The predicted octanol–water partition coefficient (Wildman–Crippen LogP) is 5.62. The van der Waals surface area contributed by atoms with Crippen LogP contribution in [0.4, 0.5) is 4.39 Å². The van der Waals surface area contributed by atoms with E-state index in [1.165, 1.54) is 12.1 Å². The number of amides is 1. The van der Waals surface area contributed by atoms with Gasteiger partial charge in [0, 0.05) is 29.4 Å². The van der Waals surface area contributed by atoms with Gasteiger partial charge in [-0.2, -0.15) is 0 Å². The van der Waals surface area contributed by atoms with Crippen LogP contribution in [0.15, 0.2) is 84.9 Å². The van der Waals surface area contributed by atoms with Crippen LogP contribution >= 0.6 is 0 Å². The van der Waals surface area contributed by atoms with Crippen molar-refractivity contribution in [1.82, 2.24) is 9.47 Å². The van der Waals surface area contributed by atoms with Gasteiger partial charge in [0.1, 0.15) is 11.5 Å². The van der Waals surface area contributed by atoms with E-state index >= 15 is 0 Å². The fraction of sp³-hybridized carbons (Fsp3) is 0.314. The van der Waals surface area contributed by atoms with E-state index in [2.05, 4.69) is 0 Å². The topological polar surface area (TPSA) is 129 Å². The summed E-state index contributed by atoms with van der Waals surface area (Å²) in [5.41, 5.74) is 11.2. The van der Waals surface area contributed by atoms with E-state index < -0.39 is 30.4 Å². The van der Waals surface area contributed by atoms with Crippen LogP contribution in [0.1, 0.15) is 60.9 Å². The monoisotopic (exact) mass is 601 g/mol. The number of hydrogen-bond donors (Lipinski definition) is 4. The number of carboxylic acids is 1. The number of halogens is 1. The summed E-state index contributed by atoms with van der Waals surface area (Å²) in [6.07, 6.45) is -2.24. The lowest BCUT2D eigenvalue weighted by atomic mass is 9.92. The molecule has 232 valence electrons. The summed E-state index contributed by atoms with van der Waals surface area (Å²) in [4.78, 5) is 27.2. The molecule has 0 aliphatic carbocycles. The van der Waals surface area contributed by atoms with E-state index in [-0.39, 0.29) is 31.5 Å². The fourth-order valence-corrected chi connectivity index (χ4v) is 5.67. The summed E-state index contributed by atoms with van der Waals surface area (Å²) in [7, 11) is 0. The van der Waals surface area contributed by atoms with E-state index in [9.17, 15) is 24.2 Å². The Labute approximate surface area is 257 Å². The minimum atomic E-state index is -1.19. The molecule has 44 heavy (non-hydrogen) atoms. The second-order valence-electron chi connectivity index (χ2n) is 11.2. The largest absolute Gasteiger partial charge is 0.481 e. The summed E-state index contributed by atoms with van der Waals surface area (Å²) in [6, 6.07) is 25.0. The predicted molar refractivity (Wildman–Crippen MR) is 168 cm³/mol. The molecule has 0 spiro atoms. The molecule has 8 nitrogen and oxygen atoms in total. The number of rotatable bonds is 14. The molecule has 4 aromatic rings. The van der Waals surface area contributed by atoms with Crippen LogP contribution in [0.2, 0.25) is 0 Å². The molecule has 0 radical (unpaired) electrons. The number of nitrogens with zero attached hydrogens (tertiary/aromatic N) is 2. The second-order valence-corrected chi connectivity index (χ2v) is 11.2. The third-order valence-electron chi connectivity index (χ3n) is 7.61. The van der Waals surface area contributed by atoms with E-state index in [1.807, 2.05) is 79.1 Å². The lowest BCUT2D eigenvalue weighted by Crippen LogP contribution is -2.37. The summed E-state index contributed by atoms with van der Waals surface area (Å²) in [5.74, 6) is -1.81. The molecule has 9 heteroatoms.